The molecular weight excluding hydrogens is 390 g/mol. The molecule has 0 unspecified atom stereocenters. The third-order valence-corrected chi connectivity index (χ3v) is 4.83. The third kappa shape index (κ3) is 5.53. The second-order valence-corrected chi connectivity index (χ2v) is 7.20. The van der Waals surface area contributed by atoms with Crippen LogP contribution in [-0.2, 0) is 24.6 Å². The minimum absolute atomic E-state index is 0.274. The lowest BCUT2D eigenvalue weighted by Crippen LogP contribution is -2.01. The molecule has 5 heteroatoms. The Morgan fingerprint density at radius 3 is 2.35 bits per heavy atom. The van der Waals surface area contributed by atoms with Crippen LogP contribution in [0.15, 0.2) is 83.3 Å². The summed E-state index contributed by atoms with van der Waals surface area (Å²) in [7, 11) is 1.64. The lowest BCUT2D eigenvalue weighted by Gasteiger charge is -2.07. The van der Waals surface area contributed by atoms with Crippen LogP contribution < -0.4 is 9.47 Å². The van der Waals surface area contributed by atoms with Gasteiger partial charge in [0.25, 0.3) is 0 Å². The van der Waals surface area contributed by atoms with E-state index in [0.717, 1.165) is 33.9 Å². The average molecular weight is 415 g/mol. The molecule has 0 spiro atoms. The SMILES string of the molecule is COc1ccc(-c2nc(COCc3ccccc3)c(COc3cccc(C)c3)o2)cc1. The number of oxazole rings is 1. The number of rotatable bonds is 9. The smallest absolute Gasteiger partial charge is 0.226 e. The standard InChI is InChI=1S/C26H25NO4/c1-19-7-6-10-23(15-19)30-18-25-24(17-29-16-20-8-4-3-5-9-20)27-26(31-25)21-11-13-22(28-2)14-12-21/h3-15H,16-18H2,1-2H3. The van der Waals surface area contributed by atoms with E-state index in [1.165, 1.54) is 0 Å². The molecule has 3 aromatic carbocycles. The van der Waals surface area contributed by atoms with Crippen LogP contribution in [0.1, 0.15) is 22.6 Å². The largest absolute Gasteiger partial charge is 0.497 e. The summed E-state index contributed by atoms with van der Waals surface area (Å²) in [6.45, 7) is 3.15. The fourth-order valence-corrected chi connectivity index (χ4v) is 3.16. The van der Waals surface area contributed by atoms with Crippen LogP contribution in [0.4, 0.5) is 0 Å². The molecule has 5 nitrogen and oxygen atoms in total. The van der Waals surface area contributed by atoms with Gasteiger partial charge in [0.15, 0.2) is 5.76 Å². The molecule has 0 aliphatic carbocycles. The van der Waals surface area contributed by atoms with E-state index in [2.05, 4.69) is 4.98 Å². The number of aryl methyl sites for hydroxylation is 1. The van der Waals surface area contributed by atoms with E-state index < -0.39 is 0 Å². The van der Waals surface area contributed by atoms with Gasteiger partial charge in [-0.2, -0.15) is 0 Å². The molecule has 0 fully saturated rings. The van der Waals surface area contributed by atoms with Gasteiger partial charge >= 0.3 is 0 Å². The highest BCUT2D eigenvalue weighted by Crippen LogP contribution is 2.26. The normalized spacial score (nSPS) is 10.8. The monoisotopic (exact) mass is 415 g/mol. The maximum Gasteiger partial charge on any atom is 0.226 e. The Balaban J connectivity index is 1.51. The van der Waals surface area contributed by atoms with E-state index in [1.54, 1.807) is 7.11 Å². The second-order valence-electron chi connectivity index (χ2n) is 7.20. The molecule has 1 aromatic heterocycles. The minimum atomic E-state index is 0.274. The molecule has 4 rings (SSSR count). The van der Waals surface area contributed by atoms with Crippen molar-refractivity contribution in [2.75, 3.05) is 7.11 Å². The Hall–Kier alpha value is -3.57. The maximum absolute atomic E-state index is 6.07. The minimum Gasteiger partial charge on any atom is -0.497 e. The summed E-state index contributed by atoms with van der Waals surface area (Å²) >= 11 is 0. The Kier molecular flexibility index (Phi) is 6.65. The van der Waals surface area contributed by atoms with Crippen molar-refractivity contribution in [1.82, 2.24) is 4.98 Å². The van der Waals surface area contributed by atoms with Crippen molar-refractivity contribution in [2.24, 2.45) is 0 Å². The predicted octanol–water partition coefficient (Wildman–Crippen LogP) is 5.95. The van der Waals surface area contributed by atoms with Gasteiger partial charge in [-0.3, -0.25) is 0 Å². The Morgan fingerprint density at radius 2 is 1.61 bits per heavy atom. The van der Waals surface area contributed by atoms with Crippen molar-refractivity contribution in [2.45, 2.75) is 26.7 Å². The van der Waals surface area contributed by atoms with Gasteiger partial charge in [-0.05, 0) is 54.4 Å². The molecule has 0 saturated heterocycles. The fourth-order valence-electron chi connectivity index (χ4n) is 3.16. The van der Waals surface area contributed by atoms with Gasteiger partial charge in [-0.25, -0.2) is 4.98 Å². The van der Waals surface area contributed by atoms with Crippen molar-refractivity contribution in [1.29, 1.82) is 0 Å². The summed E-state index contributed by atoms with van der Waals surface area (Å²) in [5, 5.41) is 0. The Labute approximate surface area is 182 Å². The highest BCUT2D eigenvalue weighted by Gasteiger charge is 2.16. The van der Waals surface area contributed by atoms with Gasteiger partial charge in [0.2, 0.25) is 5.89 Å². The van der Waals surface area contributed by atoms with Gasteiger partial charge in [-0.15, -0.1) is 0 Å². The Bertz CT molecular complexity index is 1100. The predicted molar refractivity (Wildman–Crippen MR) is 119 cm³/mol. The van der Waals surface area contributed by atoms with Crippen LogP contribution in [0.3, 0.4) is 0 Å². The highest BCUT2D eigenvalue weighted by atomic mass is 16.5. The molecule has 0 bridgehead atoms. The molecule has 0 aliphatic heterocycles. The van der Waals surface area contributed by atoms with Crippen LogP contribution in [0.5, 0.6) is 11.5 Å². The van der Waals surface area contributed by atoms with Crippen LogP contribution in [-0.4, -0.2) is 12.1 Å². The lowest BCUT2D eigenvalue weighted by atomic mass is 10.2. The van der Waals surface area contributed by atoms with E-state index in [4.69, 9.17) is 18.6 Å². The number of hydrogen-bond acceptors (Lipinski definition) is 5. The third-order valence-electron chi connectivity index (χ3n) is 4.83. The lowest BCUT2D eigenvalue weighted by molar-refractivity contribution is 0.102. The first kappa shape index (κ1) is 20.7. The first-order valence-electron chi connectivity index (χ1n) is 10.2. The topological polar surface area (TPSA) is 53.7 Å². The molecule has 158 valence electrons. The van der Waals surface area contributed by atoms with Crippen molar-refractivity contribution in [3.63, 3.8) is 0 Å². The number of benzene rings is 3. The molecule has 4 aromatic rings. The molecule has 0 aliphatic rings. The number of ether oxygens (including phenoxy) is 3. The molecule has 1 heterocycles. The summed E-state index contributed by atoms with van der Waals surface area (Å²) in [6, 6.07) is 25.6. The van der Waals surface area contributed by atoms with Gasteiger partial charge < -0.3 is 18.6 Å². The van der Waals surface area contributed by atoms with Crippen molar-refractivity contribution >= 4 is 0 Å². The van der Waals surface area contributed by atoms with Crippen LogP contribution in [0, 0.1) is 6.92 Å². The zero-order chi connectivity index (χ0) is 21.5. The zero-order valence-electron chi connectivity index (χ0n) is 17.7. The summed E-state index contributed by atoms with van der Waals surface area (Å²) in [4.78, 5) is 4.68. The van der Waals surface area contributed by atoms with Crippen LogP contribution in [0.25, 0.3) is 11.5 Å². The molecule has 0 atom stereocenters. The van der Waals surface area contributed by atoms with Crippen LogP contribution >= 0.6 is 0 Å². The highest BCUT2D eigenvalue weighted by molar-refractivity contribution is 5.55. The Morgan fingerprint density at radius 1 is 0.806 bits per heavy atom. The maximum atomic E-state index is 6.07. The van der Waals surface area contributed by atoms with Gasteiger partial charge in [-0.1, -0.05) is 42.5 Å². The van der Waals surface area contributed by atoms with Crippen molar-refractivity contribution in [3.8, 4) is 23.0 Å². The van der Waals surface area contributed by atoms with E-state index in [-0.39, 0.29) is 6.61 Å². The first-order valence-corrected chi connectivity index (χ1v) is 10.2. The number of aromatic nitrogens is 1. The van der Waals surface area contributed by atoms with Gasteiger partial charge in [0.05, 0.1) is 20.3 Å². The molecule has 31 heavy (non-hydrogen) atoms. The zero-order valence-corrected chi connectivity index (χ0v) is 17.7. The van der Waals surface area contributed by atoms with Gasteiger partial charge in [0.1, 0.15) is 23.8 Å². The van der Waals surface area contributed by atoms with E-state index in [1.807, 2.05) is 85.8 Å². The van der Waals surface area contributed by atoms with Gasteiger partial charge in [0, 0.05) is 5.56 Å². The fraction of sp³-hybridized carbons (Fsp3) is 0.192. The molecule has 0 radical (unpaired) electrons. The second kappa shape index (κ2) is 9.96. The van der Waals surface area contributed by atoms with Crippen molar-refractivity contribution < 1.29 is 18.6 Å². The average Bonchev–Trinajstić information content (AvgIpc) is 3.21. The molecule has 0 N–H and O–H groups in total. The number of nitrogens with zero attached hydrogens (tertiary/aromatic N) is 1. The van der Waals surface area contributed by atoms with E-state index in [9.17, 15) is 0 Å². The van der Waals surface area contributed by atoms with E-state index >= 15 is 0 Å². The van der Waals surface area contributed by atoms with Crippen molar-refractivity contribution in [3.05, 3.63) is 101 Å². The van der Waals surface area contributed by atoms with Crippen LogP contribution in [0.2, 0.25) is 0 Å². The molecular formula is C26H25NO4. The number of hydrogen-bond donors (Lipinski definition) is 0. The summed E-state index contributed by atoms with van der Waals surface area (Å²) in [6.07, 6.45) is 0. The van der Waals surface area contributed by atoms with E-state index in [0.29, 0.717) is 24.9 Å². The molecule has 0 saturated carbocycles. The number of methoxy groups -OCH3 is 1. The summed E-state index contributed by atoms with van der Waals surface area (Å²) < 4.78 is 23.2. The summed E-state index contributed by atoms with van der Waals surface area (Å²) in [5.74, 6) is 2.76. The summed E-state index contributed by atoms with van der Waals surface area (Å²) in [5.41, 5.74) is 3.85. The first-order chi connectivity index (χ1) is 15.2. The molecule has 0 amide bonds. The quantitative estimate of drug-likeness (QED) is 0.338.